The molecule has 0 atom stereocenters. The number of fused-ring (bicyclic) bond motifs is 2. The van der Waals surface area contributed by atoms with Gasteiger partial charge >= 0.3 is 0 Å². The number of nitrogens with zero attached hydrogens (tertiary/aromatic N) is 1. The number of hydrogen-bond acceptors (Lipinski definition) is 4. The minimum atomic E-state index is 0. The first-order valence-corrected chi connectivity index (χ1v) is 20.5. The maximum absolute atomic E-state index is 11.7. The number of aliphatic hydroxyl groups is 1. The zero-order valence-electron chi connectivity index (χ0n) is 34.4. The summed E-state index contributed by atoms with van der Waals surface area (Å²) in [5.41, 5.74) is 7.63. The summed E-state index contributed by atoms with van der Waals surface area (Å²) in [4.78, 5) is 17.6. The van der Waals surface area contributed by atoms with E-state index in [1.54, 1.807) is 11.3 Å². The molecule has 0 saturated heterocycles. The third-order valence-corrected chi connectivity index (χ3v) is 12.6. The SMILES string of the molecule is CCC(CC)C(=O)/C=C(\O)C(CC)CC.[2H]c1c(-c2ccc(C3CCC(C)(C)CC3)cc2C)sc2c(-c3[c-]c4ccccc4c(C(C)C)c3)nccc12.[Ir]. The van der Waals surface area contributed by atoms with Gasteiger partial charge in [0.05, 0.1) is 7.13 Å². The number of hydrogen-bond donors (Lipinski definition) is 1. The van der Waals surface area contributed by atoms with E-state index in [2.05, 4.69) is 89.2 Å². The van der Waals surface area contributed by atoms with Gasteiger partial charge in [0.15, 0.2) is 5.78 Å². The zero-order valence-corrected chi connectivity index (χ0v) is 36.6. The maximum Gasteiger partial charge on any atom is 0.162 e. The van der Waals surface area contributed by atoms with Crippen molar-refractivity contribution in [2.24, 2.45) is 17.3 Å². The Morgan fingerprint density at radius 2 is 1.66 bits per heavy atom. The predicted octanol–water partition coefficient (Wildman–Crippen LogP) is 14.6. The topological polar surface area (TPSA) is 50.2 Å². The predicted molar refractivity (Wildman–Crippen MR) is 225 cm³/mol. The first-order chi connectivity index (χ1) is 25.3. The van der Waals surface area contributed by atoms with Crippen molar-refractivity contribution in [3.05, 3.63) is 101 Å². The third kappa shape index (κ3) is 10.2. The van der Waals surface area contributed by atoms with Crippen LogP contribution in [0.25, 0.3) is 42.6 Å². The Labute approximate surface area is 338 Å². The van der Waals surface area contributed by atoms with Gasteiger partial charge in [0.25, 0.3) is 0 Å². The van der Waals surface area contributed by atoms with E-state index in [0.29, 0.717) is 23.3 Å². The molecule has 0 unspecified atom stereocenters. The molecule has 53 heavy (non-hydrogen) atoms. The van der Waals surface area contributed by atoms with Gasteiger partial charge in [0, 0.05) is 59.5 Å². The van der Waals surface area contributed by atoms with Crippen molar-refractivity contribution in [3.8, 4) is 21.7 Å². The van der Waals surface area contributed by atoms with Gasteiger partial charge in [-0.2, -0.15) is 0 Å². The Balaban J connectivity index is 0.000000347. The van der Waals surface area contributed by atoms with Crippen LogP contribution in [-0.4, -0.2) is 15.9 Å². The molecule has 1 saturated carbocycles. The number of rotatable bonds is 11. The van der Waals surface area contributed by atoms with Crippen molar-refractivity contribution in [3.63, 3.8) is 0 Å². The Bertz CT molecular complexity index is 2060. The molecule has 3 aromatic carbocycles. The van der Waals surface area contributed by atoms with Crippen molar-refractivity contribution in [1.29, 1.82) is 0 Å². The molecule has 0 bridgehead atoms. The van der Waals surface area contributed by atoms with E-state index in [4.69, 9.17) is 6.35 Å². The molecule has 6 rings (SSSR count). The second-order valence-electron chi connectivity index (χ2n) is 15.9. The average Bonchev–Trinajstić information content (AvgIpc) is 3.48. The van der Waals surface area contributed by atoms with Crippen LogP contribution in [0.1, 0.15) is 137 Å². The van der Waals surface area contributed by atoms with Crippen LogP contribution in [-0.2, 0) is 24.9 Å². The number of aromatic nitrogens is 1. The fraction of sp³-hybridized carbons (Fsp3) is 0.458. The monoisotopic (exact) mass is 908 g/mol. The summed E-state index contributed by atoms with van der Waals surface area (Å²) < 4.78 is 10.2. The normalized spacial score (nSPS) is 15.1. The van der Waals surface area contributed by atoms with Crippen LogP contribution >= 0.6 is 11.3 Å². The van der Waals surface area contributed by atoms with Gasteiger partial charge in [-0.15, -0.1) is 40.5 Å². The van der Waals surface area contributed by atoms with Crippen LogP contribution in [0, 0.1) is 30.2 Å². The van der Waals surface area contributed by atoms with E-state index < -0.39 is 0 Å². The van der Waals surface area contributed by atoms with Gasteiger partial charge in [0.2, 0.25) is 0 Å². The van der Waals surface area contributed by atoms with Crippen molar-refractivity contribution in [2.45, 2.75) is 126 Å². The third-order valence-electron chi connectivity index (χ3n) is 11.4. The maximum atomic E-state index is 11.7. The fourth-order valence-electron chi connectivity index (χ4n) is 7.79. The Morgan fingerprint density at radius 1 is 1.00 bits per heavy atom. The van der Waals surface area contributed by atoms with E-state index in [1.165, 1.54) is 59.4 Å². The Morgan fingerprint density at radius 3 is 2.28 bits per heavy atom. The van der Waals surface area contributed by atoms with E-state index in [9.17, 15) is 9.90 Å². The molecule has 1 aliphatic rings. The number of carbonyl (C=O) groups excluding carboxylic acids is 1. The van der Waals surface area contributed by atoms with E-state index in [1.807, 2.05) is 40.0 Å². The number of thiophene rings is 1. The number of ketones is 1. The minimum absolute atomic E-state index is 0. The summed E-state index contributed by atoms with van der Waals surface area (Å²) >= 11 is 1.70. The molecule has 0 amide bonds. The van der Waals surface area contributed by atoms with E-state index in [0.717, 1.165) is 57.3 Å². The van der Waals surface area contributed by atoms with Crippen LogP contribution in [0.5, 0.6) is 0 Å². The van der Waals surface area contributed by atoms with Gasteiger partial charge in [-0.3, -0.25) is 9.78 Å². The molecule has 3 nitrogen and oxygen atoms in total. The molecule has 2 aromatic heterocycles. The summed E-state index contributed by atoms with van der Waals surface area (Å²) in [7, 11) is 0. The molecule has 285 valence electrons. The van der Waals surface area contributed by atoms with Crippen molar-refractivity contribution in [1.82, 2.24) is 4.98 Å². The molecule has 1 fully saturated rings. The molecule has 0 aliphatic heterocycles. The number of allylic oxidation sites excluding steroid dienone is 2. The summed E-state index contributed by atoms with van der Waals surface area (Å²) in [6, 6.07) is 24.0. The first kappa shape index (κ1) is 41.1. The van der Waals surface area contributed by atoms with Crippen LogP contribution in [0.3, 0.4) is 0 Å². The number of carbonyl (C=O) groups is 1. The Hall–Kier alpha value is -3.11. The summed E-state index contributed by atoms with van der Waals surface area (Å²) in [5, 5.41) is 13.1. The average molecular weight is 908 g/mol. The molecule has 2 heterocycles. The quantitative estimate of drug-likeness (QED) is 0.0816. The van der Waals surface area contributed by atoms with Crippen LogP contribution in [0.15, 0.2) is 78.7 Å². The zero-order chi connectivity index (χ0) is 38.4. The molecule has 5 aromatic rings. The largest absolute Gasteiger partial charge is 0.512 e. The van der Waals surface area contributed by atoms with Gasteiger partial charge in [-0.25, -0.2) is 0 Å². The van der Waals surface area contributed by atoms with Crippen molar-refractivity contribution >= 4 is 38.0 Å². The number of pyridine rings is 1. The van der Waals surface area contributed by atoms with Crippen LogP contribution < -0.4 is 0 Å². The molecule has 1 radical (unpaired) electrons. The molecule has 1 N–H and O–H groups in total. The first-order valence-electron chi connectivity index (χ1n) is 20.2. The van der Waals surface area contributed by atoms with Gasteiger partial charge in [0.1, 0.15) is 0 Å². The Kier molecular flexibility index (Phi) is 14.7. The number of aliphatic hydroxyl groups excluding tert-OH is 1. The molecule has 0 spiro atoms. The van der Waals surface area contributed by atoms with Crippen LogP contribution in [0.4, 0.5) is 0 Å². The summed E-state index contributed by atoms with van der Waals surface area (Å²) in [5.74, 6) is 1.60. The molecule has 5 heteroatoms. The molecule has 1 aliphatic carbocycles. The molecular formula is C48H60IrNO2S-. The standard InChI is InChI=1S/C35H36NS.C13H24O2.Ir/c1-22(2)31-20-28(19-26-8-6-7-9-30(26)31)33-34-27(14-17-36-33)21-32(37-34)29-11-10-25(18-23(29)3)24-12-15-35(4,5)16-13-24;1-5-10(6-2)12(14)9-13(15)11(7-3)8-4;/h6-11,14,17-18,20-22,24H,12-13,15-16H2,1-5H3;9-11,14H,5-8H2,1-4H3;/q-1;;/b;12-9-;/i21D;;. The van der Waals surface area contributed by atoms with E-state index in [-0.39, 0.29) is 43.5 Å². The molecular weight excluding hydrogens is 847 g/mol. The second-order valence-corrected chi connectivity index (χ2v) is 17.0. The second kappa shape index (κ2) is 19.0. The summed E-state index contributed by atoms with van der Waals surface area (Å²) in [6.45, 7) is 19.6. The number of aryl methyl sites for hydroxylation is 1. The van der Waals surface area contributed by atoms with Crippen molar-refractivity contribution < 1.29 is 31.4 Å². The van der Waals surface area contributed by atoms with Crippen LogP contribution in [0.2, 0.25) is 0 Å². The van der Waals surface area contributed by atoms with E-state index >= 15 is 0 Å². The fourth-order valence-corrected chi connectivity index (χ4v) is 8.98. The van der Waals surface area contributed by atoms with Gasteiger partial charge in [-0.1, -0.05) is 103 Å². The summed E-state index contributed by atoms with van der Waals surface area (Å²) in [6.07, 6.45) is 11.9. The van der Waals surface area contributed by atoms with Gasteiger partial charge < -0.3 is 5.11 Å². The smallest absolute Gasteiger partial charge is 0.162 e. The minimum Gasteiger partial charge on any atom is -0.512 e. The van der Waals surface area contributed by atoms with Crippen molar-refractivity contribution in [2.75, 3.05) is 0 Å². The number of benzene rings is 3. The van der Waals surface area contributed by atoms with Gasteiger partial charge in [-0.05, 0) is 110 Å².